The van der Waals surface area contributed by atoms with Gasteiger partial charge in [0.2, 0.25) is 0 Å². The molecule has 132 valence electrons. The Morgan fingerprint density at radius 3 is 2.84 bits per heavy atom. The number of rotatable bonds is 4. The molecule has 1 unspecified atom stereocenters. The van der Waals surface area contributed by atoms with Crippen molar-refractivity contribution in [2.75, 3.05) is 6.54 Å². The first kappa shape index (κ1) is 16.3. The van der Waals surface area contributed by atoms with Crippen molar-refractivity contribution in [2.45, 2.75) is 44.8 Å². The minimum absolute atomic E-state index is 0.181. The number of benzene rings is 1. The van der Waals surface area contributed by atoms with Crippen LogP contribution in [0.15, 0.2) is 42.8 Å². The second-order valence-corrected chi connectivity index (χ2v) is 6.98. The lowest BCUT2D eigenvalue weighted by atomic mass is 9.87. The summed E-state index contributed by atoms with van der Waals surface area (Å²) in [7, 11) is 0. The van der Waals surface area contributed by atoms with E-state index in [1.54, 1.807) is 18.5 Å². The summed E-state index contributed by atoms with van der Waals surface area (Å²) in [6, 6.07) is 7.19. The van der Waals surface area contributed by atoms with E-state index in [-0.39, 0.29) is 11.9 Å². The highest BCUT2D eigenvalue weighted by Crippen LogP contribution is 2.32. The van der Waals surface area contributed by atoms with Gasteiger partial charge < -0.3 is 9.57 Å². The number of hydroxylamine groups is 2. The van der Waals surface area contributed by atoms with Gasteiger partial charge in [-0.3, -0.25) is 4.98 Å². The molecule has 1 saturated carbocycles. The molecule has 0 amide bonds. The predicted octanol–water partition coefficient (Wildman–Crippen LogP) is 4.46. The third kappa shape index (κ3) is 3.47. The van der Waals surface area contributed by atoms with Crippen LogP contribution >= 0.6 is 0 Å². The maximum atomic E-state index is 13.9. The van der Waals surface area contributed by atoms with Gasteiger partial charge in [0.1, 0.15) is 23.3 Å². The first-order valence-electron chi connectivity index (χ1n) is 9.00. The summed E-state index contributed by atoms with van der Waals surface area (Å²) < 4.78 is 20.1. The minimum Gasteiger partial charge on any atom is -0.490 e. The molecule has 1 aromatic heterocycles. The second-order valence-electron chi connectivity index (χ2n) is 6.98. The van der Waals surface area contributed by atoms with E-state index in [1.165, 1.54) is 6.07 Å². The first-order chi connectivity index (χ1) is 12.2. The lowest BCUT2D eigenvalue weighted by Gasteiger charge is -2.32. The number of ether oxygens (including phenoxy) is 1. The van der Waals surface area contributed by atoms with Gasteiger partial charge in [-0.2, -0.15) is 0 Å². The van der Waals surface area contributed by atoms with Crippen LogP contribution in [0.4, 0.5) is 4.39 Å². The van der Waals surface area contributed by atoms with Crippen LogP contribution in [-0.4, -0.2) is 28.7 Å². The van der Waals surface area contributed by atoms with Crippen LogP contribution < -0.4 is 4.74 Å². The Hall–Kier alpha value is -2.14. The molecular weight excluding hydrogens is 319 g/mol. The van der Waals surface area contributed by atoms with Crippen LogP contribution in [0.2, 0.25) is 0 Å². The molecule has 2 aromatic rings. The van der Waals surface area contributed by atoms with E-state index in [0.717, 1.165) is 43.4 Å². The van der Waals surface area contributed by atoms with Gasteiger partial charge in [0.25, 0.3) is 0 Å². The Balaban J connectivity index is 1.37. The second kappa shape index (κ2) is 7.00. The van der Waals surface area contributed by atoms with Crippen molar-refractivity contribution in [1.82, 2.24) is 10.0 Å². The summed E-state index contributed by atoms with van der Waals surface area (Å²) in [6.07, 6.45) is 9.91. The van der Waals surface area contributed by atoms with Crippen molar-refractivity contribution in [2.24, 2.45) is 5.92 Å². The van der Waals surface area contributed by atoms with Crippen LogP contribution in [0.25, 0.3) is 10.9 Å². The third-order valence-electron chi connectivity index (χ3n) is 5.21. The molecule has 1 atom stereocenters. The molecule has 2 heterocycles. The van der Waals surface area contributed by atoms with Gasteiger partial charge in [-0.15, -0.1) is 5.06 Å². The lowest BCUT2D eigenvalue weighted by molar-refractivity contribution is -0.113. The fraction of sp³-hybridized carbons (Fsp3) is 0.450. The summed E-state index contributed by atoms with van der Waals surface area (Å²) in [5.74, 6) is 1.06. The lowest BCUT2D eigenvalue weighted by Crippen LogP contribution is -2.34. The Morgan fingerprint density at radius 2 is 2.08 bits per heavy atom. The molecule has 5 heteroatoms. The Bertz CT molecular complexity index is 771. The standard InChI is InChI=1S/C20H23FN2O2/c1-14-10-12-24-23(14)13-15-5-7-16(8-6-15)25-19-9-11-22-20-17(19)3-2-4-18(20)21/h2-4,9-12,14-16H,5-8,13H2,1H3. The number of aromatic nitrogens is 1. The zero-order chi connectivity index (χ0) is 17.2. The number of nitrogens with zero attached hydrogens (tertiary/aromatic N) is 2. The maximum Gasteiger partial charge on any atom is 0.149 e. The van der Waals surface area contributed by atoms with Crippen LogP contribution in [0.3, 0.4) is 0 Å². The molecule has 1 fully saturated rings. The van der Waals surface area contributed by atoms with Crippen LogP contribution in [0.1, 0.15) is 32.6 Å². The third-order valence-corrected chi connectivity index (χ3v) is 5.21. The monoisotopic (exact) mass is 342 g/mol. The molecular formula is C20H23FN2O2. The average Bonchev–Trinajstić information content (AvgIpc) is 3.02. The summed E-state index contributed by atoms with van der Waals surface area (Å²) in [6.45, 7) is 3.11. The number of para-hydroxylation sites is 1. The van der Waals surface area contributed by atoms with Gasteiger partial charge in [0, 0.05) is 18.1 Å². The molecule has 4 rings (SSSR count). The zero-order valence-corrected chi connectivity index (χ0v) is 14.4. The predicted molar refractivity (Wildman–Crippen MR) is 94.5 cm³/mol. The van der Waals surface area contributed by atoms with Crippen molar-refractivity contribution in [3.63, 3.8) is 0 Å². The number of halogens is 1. The zero-order valence-electron chi connectivity index (χ0n) is 14.4. The molecule has 1 aliphatic heterocycles. The van der Waals surface area contributed by atoms with Crippen molar-refractivity contribution in [1.29, 1.82) is 0 Å². The van der Waals surface area contributed by atoms with Gasteiger partial charge >= 0.3 is 0 Å². The number of fused-ring (bicyclic) bond motifs is 1. The van der Waals surface area contributed by atoms with E-state index in [2.05, 4.69) is 18.0 Å². The fourth-order valence-electron chi connectivity index (χ4n) is 3.71. The number of hydrogen-bond donors (Lipinski definition) is 0. The Kier molecular flexibility index (Phi) is 4.57. The topological polar surface area (TPSA) is 34.6 Å². The first-order valence-corrected chi connectivity index (χ1v) is 9.00. The highest BCUT2D eigenvalue weighted by atomic mass is 19.1. The minimum atomic E-state index is -0.306. The van der Waals surface area contributed by atoms with E-state index in [9.17, 15) is 4.39 Å². The maximum absolute atomic E-state index is 13.9. The van der Waals surface area contributed by atoms with Crippen molar-refractivity contribution in [3.05, 3.63) is 48.6 Å². The van der Waals surface area contributed by atoms with Crippen molar-refractivity contribution >= 4 is 10.9 Å². The summed E-state index contributed by atoms with van der Waals surface area (Å²) >= 11 is 0. The van der Waals surface area contributed by atoms with Crippen LogP contribution in [-0.2, 0) is 4.84 Å². The highest BCUT2D eigenvalue weighted by Gasteiger charge is 2.27. The summed E-state index contributed by atoms with van der Waals surface area (Å²) in [4.78, 5) is 9.66. The van der Waals surface area contributed by atoms with Crippen LogP contribution in [0, 0.1) is 11.7 Å². The van der Waals surface area contributed by atoms with Gasteiger partial charge in [-0.1, -0.05) is 6.07 Å². The van der Waals surface area contributed by atoms with E-state index in [4.69, 9.17) is 9.57 Å². The fourth-order valence-corrected chi connectivity index (χ4v) is 3.71. The quantitative estimate of drug-likeness (QED) is 0.821. The van der Waals surface area contributed by atoms with Gasteiger partial charge in [-0.25, -0.2) is 4.39 Å². The van der Waals surface area contributed by atoms with Crippen molar-refractivity contribution in [3.8, 4) is 5.75 Å². The van der Waals surface area contributed by atoms with Crippen LogP contribution in [0.5, 0.6) is 5.75 Å². The Morgan fingerprint density at radius 1 is 1.24 bits per heavy atom. The van der Waals surface area contributed by atoms with E-state index in [1.807, 2.05) is 17.2 Å². The molecule has 25 heavy (non-hydrogen) atoms. The van der Waals surface area contributed by atoms with E-state index >= 15 is 0 Å². The van der Waals surface area contributed by atoms with Gasteiger partial charge in [0.15, 0.2) is 0 Å². The molecule has 1 aromatic carbocycles. The highest BCUT2D eigenvalue weighted by molar-refractivity contribution is 5.85. The molecule has 2 aliphatic rings. The normalized spacial score (nSPS) is 26.7. The van der Waals surface area contributed by atoms with E-state index in [0.29, 0.717) is 17.5 Å². The van der Waals surface area contributed by atoms with Gasteiger partial charge in [-0.05, 0) is 62.8 Å². The molecule has 0 radical (unpaired) electrons. The molecule has 0 N–H and O–H groups in total. The molecule has 4 nitrogen and oxygen atoms in total. The molecule has 0 spiro atoms. The average molecular weight is 342 g/mol. The van der Waals surface area contributed by atoms with Gasteiger partial charge in [0.05, 0.1) is 12.1 Å². The van der Waals surface area contributed by atoms with E-state index < -0.39 is 0 Å². The Labute approximate surface area is 147 Å². The summed E-state index contributed by atoms with van der Waals surface area (Å²) in [5.41, 5.74) is 0.376. The summed E-state index contributed by atoms with van der Waals surface area (Å²) in [5, 5.41) is 2.79. The smallest absolute Gasteiger partial charge is 0.149 e. The molecule has 1 aliphatic carbocycles. The molecule has 0 bridgehead atoms. The molecule has 0 saturated heterocycles. The largest absolute Gasteiger partial charge is 0.490 e. The number of pyridine rings is 1. The number of hydrogen-bond acceptors (Lipinski definition) is 4. The van der Waals surface area contributed by atoms with Crippen molar-refractivity contribution < 1.29 is 14.0 Å². The SMILES string of the molecule is CC1C=CON1CC1CCC(Oc2ccnc3c(F)cccc23)CC1.